The van der Waals surface area contributed by atoms with Crippen molar-refractivity contribution in [2.24, 2.45) is 0 Å². The van der Waals surface area contributed by atoms with Gasteiger partial charge in [0.25, 0.3) is 0 Å². The summed E-state index contributed by atoms with van der Waals surface area (Å²) in [6.07, 6.45) is -1.97. The van der Waals surface area contributed by atoms with E-state index in [0.717, 1.165) is 12.3 Å². The molecule has 2 aromatic heterocycles. The molecule has 0 saturated carbocycles. The molecule has 0 atom stereocenters. The summed E-state index contributed by atoms with van der Waals surface area (Å²) >= 11 is 0. The van der Waals surface area contributed by atoms with E-state index < -0.39 is 11.9 Å². The van der Waals surface area contributed by atoms with Gasteiger partial charge in [-0.25, -0.2) is 9.67 Å². The first-order chi connectivity index (χ1) is 7.88. The van der Waals surface area contributed by atoms with Gasteiger partial charge in [-0.15, -0.1) is 0 Å². The number of pyridine rings is 1. The lowest BCUT2D eigenvalue weighted by molar-refractivity contribution is -0.141. The molecule has 2 N–H and O–H groups in total. The van der Waals surface area contributed by atoms with Crippen molar-refractivity contribution < 1.29 is 13.2 Å². The van der Waals surface area contributed by atoms with Crippen LogP contribution in [0.15, 0.2) is 24.5 Å². The van der Waals surface area contributed by atoms with E-state index in [1.807, 2.05) is 0 Å². The van der Waals surface area contributed by atoms with Crippen molar-refractivity contribution in [1.29, 1.82) is 0 Å². The summed E-state index contributed by atoms with van der Waals surface area (Å²) in [6, 6.07) is 2.55. The van der Waals surface area contributed by atoms with Crippen molar-refractivity contribution in [3.63, 3.8) is 0 Å². The minimum absolute atomic E-state index is 0.140. The average Bonchev–Trinajstić information content (AvgIpc) is 2.63. The van der Waals surface area contributed by atoms with Gasteiger partial charge in [-0.3, -0.25) is 0 Å². The molecule has 0 unspecified atom stereocenters. The van der Waals surface area contributed by atoms with Crippen LogP contribution < -0.4 is 5.73 Å². The highest BCUT2D eigenvalue weighted by atomic mass is 19.4. The van der Waals surface area contributed by atoms with Gasteiger partial charge in [-0.2, -0.15) is 18.3 Å². The van der Waals surface area contributed by atoms with Crippen molar-refractivity contribution in [2.75, 3.05) is 5.73 Å². The van der Waals surface area contributed by atoms with Crippen LogP contribution in [0.1, 0.15) is 11.4 Å². The molecule has 0 saturated heterocycles. The normalized spacial score (nSPS) is 11.8. The topological polar surface area (TPSA) is 56.7 Å². The number of nitrogens with two attached hydrogens (primary N) is 1. The maximum Gasteiger partial charge on any atom is 0.433 e. The SMILES string of the molecule is Cc1ccn(-c2cc(C(F)(F)F)ncc2N)n1. The maximum absolute atomic E-state index is 12.5. The molecule has 4 nitrogen and oxygen atoms in total. The number of rotatable bonds is 1. The number of nitrogen functional groups attached to an aromatic ring is 1. The summed E-state index contributed by atoms with van der Waals surface area (Å²) in [7, 11) is 0. The molecule has 7 heteroatoms. The Hall–Kier alpha value is -2.05. The van der Waals surface area contributed by atoms with E-state index in [-0.39, 0.29) is 11.4 Å². The van der Waals surface area contributed by atoms with Gasteiger partial charge >= 0.3 is 6.18 Å². The fourth-order valence-corrected chi connectivity index (χ4v) is 1.36. The third-order valence-electron chi connectivity index (χ3n) is 2.17. The van der Waals surface area contributed by atoms with Crippen LogP contribution in [0, 0.1) is 6.92 Å². The molecule has 2 heterocycles. The second-order valence-corrected chi connectivity index (χ2v) is 3.53. The van der Waals surface area contributed by atoms with Crippen LogP contribution in [0.3, 0.4) is 0 Å². The Morgan fingerprint density at radius 3 is 2.59 bits per heavy atom. The van der Waals surface area contributed by atoms with Crippen molar-refractivity contribution >= 4 is 5.69 Å². The summed E-state index contributed by atoms with van der Waals surface area (Å²) in [6.45, 7) is 1.73. The third-order valence-corrected chi connectivity index (χ3v) is 2.17. The number of hydrogen-bond acceptors (Lipinski definition) is 3. The van der Waals surface area contributed by atoms with Crippen LogP contribution in [-0.2, 0) is 6.18 Å². The Bertz CT molecular complexity index is 545. The number of halogens is 3. The van der Waals surface area contributed by atoms with E-state index >= 15 is 0 Å². The number of aromatic nitrogens is 3. The van der Waals surface area contributed by atoms with Crippen LogP contribution >= 0.6 is 0 Å². The lowest BCUT2D eigenvalue weighted by Crippen LogP contribution is -2.11. The largest absolute Gasteiger partial charge is 0.433 e. The zero-order valence-electron chi connectivity index (χ0n) is 8.86. The Morgan fingerprint density at radius 2 is 2.06 bits per heavy atom. The molecule has 90 valence electrons. The van der Waals surface area contributed by atoms with E-state index in [2.05, 4.69) is 10.1 Å². The lowest BCUT2D eigenvalue weighted by atomic mass is 10.3. The summed E-state index contributed by atoms with van der Waals surface area (Å²) < 4.78 is 38.8. The number of nitrogens with zero attached hydrogens (tertiary/aromatic N) is 3. The van der Waals surface area contributed by atoms with E-state index in [1.165, 1.54) is 4.68 Å². The first-order valence-corrected chi connectivity index (χ1v) is 4.73. The Balaban J connectivity index is 2.54. The Morgan fingerprint density at radius 1 is 1.35 bits per heavy atom. The molecular formula is C10H9F3N4. The zero-order valence-corrected chi connectivity index (χ0v) is 8.86. The molecule has 2 rings (SSSR count). The van der Waals surface area contributed by atoms with Crippen LogP contribution in [0.2, 0.25) is 0 Å². The molecule has 0 amide bonds. The van der Waals surface area contributed by atoms with Crippen molar-refractivity contribution in [1.82, 2.24) is 14.8 Å². The van der Waals surface area contributed by atoms with E-state index in [9.17, 15) is 13.2 Å². The van der Waals surface area contributed by atoms with Crippen molar-refractivity contribution in [3.05, 3.63) is 35.9 Å². The Labute approximate surface area is 94.9 Å². The summed E-state index contributed by atoms with van der Waals surface area (Å²) in [5.74, 6) is 0. The summed E-state index contributed by atoms with van der Waals surface area (Å²) in [5, 5.41) is 4.01. The molecule has 0 bridgehead atoms. The third kappa shape index (κ3) is 2.22. The van der Waals surface area contributed by atoms with Crippen LogP contribution in [-0.4, -0.2) is 14.8 Å². The molecule has 0 aliphatic heterocycles. The lowest BCUT2D eigenvalue weighted by Gasteiger charge is -2.10. The minimum Gasteiger partial charge on any atom is -0.396 e. The first kappa shape index (κ1) is 11.4. The minimum atomic E-state index is -4.50. The molecule has 0 fully saturated rings. The van der Waals surface area contributed by atoms with Gasteiger partial charge in [0.1, 0.15) is 5.69 Å². The first-order valence-electron chi connectivity index (χ1n) is 4.73. The van der Waals surface area contributed by atoms with Gasteiger partial charge in [-0.1, -0.05) is 0 Å². The summed E-state index contributed by atoms with van der Waals surface area (Å²) in [4.78, 5) is 3.25. The average molecular weight is 242 g/mol. The predicted molar refractivity (Wildman–Crippen MR) is 55.5 cm³/mol. The van der Waals surface area contributed by atoms with Gasteiger partial charge in [0.05, 0.1) is 23.3 Å². The van der Waals surface area contributed by atoms with Gasteiger partial charge in [-0.05, 0) is 19.1 Å². The standard InChI is InChI=1S/C10H9F3N4/c1-6-2-3-17(16-6)8-4-9(10(11,12)13)15-5-7(8)14/h2-5H,14H2,1H3. The molecule has 0 aliphatic carbocycles. The second-order valence-electron chi connectivity index (χ2n) is 3.53. The quantitative estimate of drug-likeness (QED) is 0.833. The second kappa shape index (κ2) is 3.76. The number of alkyl halides is 3. The molecule has 17 heavy (non-hydrogen) atoms. The van der Waals surface area contributed by atoms with E-state index in [4.69, 9.17) is 5.73 Å². The van der Waals surface area contributed by atoms with E-state index in [0.29, 0.717) is 5.69 Å². The fraction of sp³-hybridized carbons (Fsp3) is 0.200. The van der Waals surface area contributed by atoms with Gasteiger partial charge in [0.15, 0.2) is 0 Å². The summed E-state index contributed by atoms with van der Waals surface area (Å²) in [5.41, 5.74) is 5.59. The molecule has 2 aromatic rings. The molecule has 0 aromatic carbocycles. The number of aryl methyl sites for hydroxylation is 1. The predicted octanol–water partition coefficient (Wildman–Crippen LogP) is 2.18. The van der Waals surface area contributed by atoms with Gasteiger partial charge in [0.2, 0.25) is 0 Å². The van der Waals surface area contributed by atoms with Gasteiger partial charge in [0, 0.05) is 6.20 Å². The van der Waals surface area contributed by atoms with Crippen molar-refractivity contribution in [3.8, 4) is 5.69 Å². The monoisotopic (exact) mass is 242 g/mol. The van der Waals surface area contributed by atoms with Gasteiger partial charge < -0.3 is 5.73 Å². The number of hydrogen-bond donors (Lipinski definition) is 1. The molecule has 0 spiro atoms. The van der Waals surface area contributed by atoms with Crippen molar-refractivity contribution in [2.45, 2.75) is 13.1 Å². The number of anilines is 1. The highest BCUT2D eigenvalue weighted by Crippen LogP contribution is 2.30. The smallest absolute Gasteiger partial charge is 0.396 e. The van der Waals surface area contributed by atoms with Crippen LogP contribution in [0.25, 0.3) is 5.69 Å². The fourth-order valence-electron chi connectivity index (χ4n) is 1.36. The highest BCUT2D eigenvalue weighted by molar-refractivity contribution is 5.56. The Kier molecular flexibility index (Phi) is 2.53. The molecule has 0 radical (unpaired) electrons. The zero-order chi connectivity index (χ0) is 12.6. The highest BCUT2D eigenvalue weighted by Gasteiger charge is 2.33. The van der Waals surface area contributed by atoms with Crippen LogP contribution in [0.5, 0.6) is 0 Å². The molecule has 0 aliphatic rings. The maximum atomic E-state index is 12.5. The van der Waals surface area contributed by atoms with Crippen LogP contribution in [0.4, 0.5) is 18.9 Å². The molecular weight excluding hydrogens is 233 g/mol. The van der Waals surface area contributed by atoms with E-state index in [1.54, 1.807) is 19.2 Å².